The molecule has 1 saturated heterocycles. The molecule has 32 heavy (non-hydrogen) atoms. The van der Waals surface area contributed by atoms with Crippen LogP contribution in [0.2, 0.25) is 0 Å². The second-order valence-electron chi connectivity index (χ2n) is 8.41. The minimum atomic E-state index is -1.15. The van der Waals surface area contributed by atoms with Gasteiger partial charge in [0.1, 0.15) is 35.2 Å². The minimum absolute atomic E-state index is 0.0493. The van der Waals surface area contributed by atoms with Crippen LogP contribution in [-0.2, 0) is 0 Å². The van der Waals surface area contributed by atoms with Gasteiger partial charge in [-0.2, -0.15) is 5.10 Å². The molecule has 3 heterocycles. The fourth-order valence-corrected chi connectivity index (χ4v) is 4.65. The van der Waals surface area contributed by atoms with Gasteiger partial charge in [-0.25, -0.2) is 23.1 Å². The van der Waals surface area contributed by atoms with E-state index in [0.29, 0.717) is 23.6 Å². The van der Waals surface area contributed by atoms with Gasteiger partial charge in [-0.15, -0.1) is 0 Å². The molecule has 4 atom stereocenters. The summed E-state index contributed by atoms with van der Waals surface area (Å²) in [5, 5.41) is 13.4. The van der Waals surface area contributed by atoms with E-state index < -0.39 is 24.0 Å². The Hall–Kier alpha value is -3.27. The van der Waals surface area contributed by atoms with Gasteiger partial charge in [0, 0.05) is 24.2 Å². The molecule has 1 aliphatic carbocycles. The summed E-state index contributed by atoms with van der Waals surface area (Å²) in [6, 6.07) is 5.49. The number of hydrogen-bond donors (Lipinski definition) is 2. The first-order valence-corrected chi connectivity index (χ1v) is 10.6. The number of carboxylic acids is 1. The molecule has 1 aromatic carbocycles. The number of rotatable bonds is 5. The van der Waals surface area contributed by atoms with Gasteiger partial charge in [-0.3, -0.25) is 0 Å². The number of halogens is 2. The van der Waals surface area contributed by atoms with Crippen LogP contribution in [0, 0.1) is 5.82 Å². The average molecular weight is 443 g/mol. The smallest absolute Gasteiger partial charge is 0.341 e. The quantitative estimate of drug-likeness (QED) is 0.624. The number of anilines is 1. The molecule has 10 heteroatoms. The van der Waals surface area contributed by atoms with Crippen LogP contribution >= 0.6 is 0 Å². The van der Waals surface area contributed by atoms with Crippen molar-refractivity contribution in [1.82, 2.24) is 14.6 Å². The van der Waals surface area contributed by atoms with Gasteiger partial charge in [0.2, 0.25) is 0 Å². The molecule has 1 aliphatic heterocycles. The summed E-state index contributed by atoms with van der Waals surface area (Å²) in [5.74, 6) is -0.693. The van der Waals surface area contributed by atoms with Gasteiger partial charge in [0.25, 0.3) is 0 Å². The Balaban J connectivity index is 1.52. The lowest BCUT2D eigenvalue weighted by atomic mass is 10.0. The van der Waals surface area contributed by atoms with Crippen molar-refractivity contribution in [3.63, 3.8) is 0 Å². The summed E-state index contributed by atoms with van der Waals surface area (Å²) in [6.45, 7) is 0.0502. The molecule has 0 unspecified atom stereocenters. The lowest BCUT2D eigenvalue weighted by Gasteiger charge is -2.28. The number of hydrogen-bond acceptors (Lipinski definition) is 6. The highest BCUT2D eigenvalue weighted by Crippen LogP contribution is 2.41. The third kappa shape index (κ3) is 3.75. The van der Waals surface area contributed by atoms with E-state index in [4.69, 9.17) is 10.5 Å². The van der Waals surface area contributed by atoms with Gasteiger partial charge in [-0.1, -0.05) is 0 Å². The molecule has 2 fully saturated rings. The van der Waals surface area contributed by atoms with E-state index in [1.54, 1.807) is 23.2 Å². The van der Waals surface area contributed by atoms with Crippen LogP contribution in [0.1, 0.15) is 47.6 Å². The van der Waals surface area contributed by atoms with Crippen molar-refractivity contribution in [2.45, 2.75) is 50.0 Å². The van der Waals surface area contributed by atoms with Crippen molar-refractivity contribution >= 4 is 17.4 Å². The molecular formula is C22H23F2N5O3. The predicted molar refractivity (Wildman–Crippen MR) is 112 cm³/mol. The molecule has 3 N–H and O–H groups in total. The maximum Gasteiger partial charge on any atom is 0.341 e. The Morgan fingerprint density at radius 1 is 1.25 bits per heavy atom. The van der Waals surface area contributed by atoms with Gasteiger partial charge in [-0.05, 0) is 43.5 Å². The van der Waals surface area contributed by atoms with Gasteiger partial charge < -0.3 is 20.5 Å². The number of carboxylic acid groups (broad SMARTS) is 1. The van der Waals surface area contributed by atoms with Gasteiger partial charge in [0.15, 0.2) is 5.65 Å². The van der Waals surface area contributed by atoms with Gasteiger partial charge in [0.05, 0.1) is 18.8 Å². The zero-order valence-electron chi connectivity index (χ0n) is 17.2. The molecular weight excluding hydrogens is 420 g/mol. The summed E-state index contributed by atoms with van der Waals surface area (Å²) < 4.78 is 36.4. The summed E-state index contributed by atoms with van der Waals surface area (Å²) in [6.07, 6.45) is 4.12. The number of carbonyl (C=O) groups is 1. The number of aromatic carboxylic acids is 1. The number of alkyl halides is 1. The fraction of sp³-hybridized carbons (Fsp3) is 0.409. The first-order valence-electron chi connectivity index (χ1n) is 10.6. The van der Waals surface area contributed by atoms with Crippen molar-refractivity contribution in [2.24, 2.45) is 5.73 Å². The Kier molecular flexibility index (Phi) is 5.16. The maximum atomic E-state index is 14.6. The first-order chi connectivity index (χ1) is 15.4. The minimum Gasteiger partial charge on any atom is -0.490 e. The van der Waals surface area contributed by atoms with E-state index in [-0.39, 0.29) is 36.3 Å². The van der Waals surface area contributed by atoms with Crippen LogP contribution < -0.4 is 15.4 Å². The Morgan fingerprint density at radius 2 is 2.09 bits per heavy atom. The average Bonchev–Trinajstić information content (AvgIpc) is 3.47. The van der Waals surface area contributed by atoms with Crippen LogP contribution in [0.4, 0.5) is 14.6 Å². The zero-order chi connectivity index (χ0) is 22.4. The third-order valence-corrected chi connectivity index (χ3v) is 6.18. The highest BCUT2D eigenvalue weighted by atomic mass is 19.1. The monoisotopic (exact) mass is 443 g/mol. The van der Waals surface area contributed by atoms with Crippen molar-refractivity contribution in [3.8, 4) is 5.75 Å². The van der Waals surface area contributed by atoms with Crippen LogP contribution in [0.15, 0.2) is 36.7 Å². The van der Waals surface area contributed by atoms with E-state index in [2.05, 4.69) is 10.1 Å². The predicted octanol–water partition coefficient (Wildman–Crippen LogP) is 3.11. The topological polar surface area (TPSA) is 106 Å². The Morgan fingerprint density at radius 3 is 2.84 bits per heavy atom. The van der Waals surface area contributed by atoms with E-state index in [1.807, 2.05) is 0 Å². The second kappa shape index (κ2) is 8.01. The third-order valence-electron chi connectivity index (χ3n) is 6.18. The lowest BCUT2D eigenvalue weighted by Crippen LogP contribution is -2.26. The number of aromatic nitrogens is 3. The van der Waals surface area contributed by atoms with E-state index in [0.717, 1.165) is 12.8 Å². The standard InChI is InChI=1S/C22H23F2N5O3/c23-12-1-4-19(32-15-3-2-14(25)9-15)16(7-12)18-8-13(24)11-28(18)20-5-6-29-21(27-20)17(10-26-29)22(30)31/h1,4-7,10,13-15,18H,2-3,8-9,11,25H2,(H,30,31)/t13-,14+,15-,18+/m0/s1. The van der Waals surface area contributed by atoms with Crippen LogP contribution in [-0.4, -0.2) is 50.5 Å². The molecule has 3 aromatic rings. The van der Waals surface area contributed by atoms with E-state index in [9.17, 15) is 18.7 Å². The summed E-state index contributed by atoms with van der Waals surface area (Å²) >= 11 is 0. The maximum absolute atomic E-state index is 14.6. The van der Waals surface area contributed by atoms with Crippen molar-refractivity contribution < 1.29 is 23.4 Å². The number of nitrogens with two attached hydrogens (primary N) is 1. The summed E-state index contributed by atoms with van der Waals surface area (Å²) in [5.41, 5.74) is 6.65. The highest BCUT2D eigenvalue weighted by molar-refractivity contribution is 5.94. The largest absolute Gasteiger partial charge is 0.490 e. The molecule has 0 amide bonds. The number of ether oxygens (including phenoxy) is 1. The Bertz CT molecular complexity index is 1170. The molecule has 0 bridgehead atoms. The normalized spacial score (nSPS) is 25.5. The molecule has 0 radical (unpaired) electrons. The SMILES string of the molecule is N[C@@H]1CC[C@H](Oc2ccc(F)cc2[C@H]2C[C@H](F)CN2c2ccn3ncc(C(=O)O)c3n2)C1. The molecule has 168 valence electrons. The lowest BCUT2D eigenvalue weighted by molar-refractivity contribution is 0.0698. The second-order valence-corrected chi connectivity index (χ2v) is 8.41. The number of fused-ring (bicyclic) bond motifs is 1. The van der Waals surface area contributed by atoms with Crippen molar-refractivity contribution in [3.05, 3.63) is 53.6 Å². The van der Waals surface area contributed by atoms with Crippen molar-refractivity contribution in [1.29, 1.82) is 0 Å². The van der Waals surface area contributed by atoms with Crippen LogP contribution in [0.5, 0.6) is 5.75 Å². The molecule has 1 saturated carbocycles. The molecule has 8 nitrogen and oxygen atoms in total. The zero-order valence-corrected chi connectivity index (χ0v) is 17.2. The van der Waals surface area contributed by atoms with Crippen LogP contribution in [0.3, 0.4) is 0 Å². The van der Waals surface area contributed by atoms with E-state index >= 15 is 0 Å². The van der Waals surface area contributed by atoms with Gasteiger partial charge >= 0.3 is 5.97 Å². The summed E-state index contributed by atoms with van der Waals surface area (Å²) in [4.78, 5) is 17.7. The highest BCUT2D eigenvalue weighted by Gasteiger charge is 2.37. The van der Waals surface area contributed by atoms with Crippen molar-refractivity contribution in [2.75, 3.05) is 11.4 Å². The molecule has 2 aromatic heterocycles. The number of benzene rings is 1. The van der Waals surface area contributed by atoms with E-state index in [1.165, 1.54) is 22.8 Å². The van der Waals surface area contributed by atoms with Crippen LogP contribution in [0.25, 0.3) is 5.65 Å². The Labute approximate surface area is 182 Å². The molecule has 2 aliphatic rings. The molecule has 0 spiro atoms. The number of nitrogens with zero attached hydrogens (tertiary/aromatic N) is 4. The molecule has 5 rings (SSSR count). The fourth-order valence-electron chi connectivity index (χ4n) is 4.65. The first kappa shape index (κ1) is 20.6. The summed E-state index contributed by atoms with van der Waals surface area (Å²) in [7, 11) is 0.